The summed E-state index contributed by atoms with van der Waals surface area (Å²) >= 11 is 0. The Balaban J connectivity index is 1.91. The first-order valence-corrected chi connectivity index (χ1v) is 8.01. The zero-order chi connectivity index (χ0) is 14.5. The van der Waals surface area contributed by atoms with E-state index in [1.54, 1.807) is 0 Å². The average molecular weight is 288 g/mol. The summed E-state index contributed by atoms with van der Waals surface area (Å²) < 4.78 is 0. The van der Waals surface area contributed by atoms with Crippen LogP contribution in [0.5, 0.6) is 0 Å². The molecule has 5 nitrogen and oxygen atoms in total. The topological polar surface area (TPSA) is 60.8 Å². The molecule has 0 amide bonds. The maximum atomic E-state index is 9.32. The van der Waals surface area contributed by atoms with Gasteiger partial charge >= 0.3 is 0 Å². The predicted octanol–water partition coefficient (Wildman–Crippen LogP) is 1.56. The number of nitrogens with one attached hydrogen (secondary N) is 1. The highest BCUT2D eigenvalue weighted by molar-refractivity contribution is 6.03. The van der Waals surface area contributed by atoms with E-state index < -0.39 is 0 Å². The Morgan fingerprint density at radius 3 is 3.10 bits per heavy atom. The van der Waals surface area contributed by atoms with Crippen LogP contribution in [0.25, 0.3) is 0 Å². The number of nitrogens with zero attached hydrogens (tertiary/aromatic N) is 3. The lowest BCUT2D eigenvalue weighted by Gasteiger charge is -2.37. The highest BCUT2D eigenvalue weighted by Gasteiger charge is 2.26. The molecule has 1 aromatic rings. The van der Waals surface area contributed by atoms with Crippen molar-refractivity contribution in [3.8, 4) is 0 Å². The number of aromatic nitrogens is 1. The van der Waals surface area contributed by atoms with Gasteiger partial charge in [-0.15, -0.1) is 0 Å². The van der Waals surface area contributed by atoms with Gasteiger partial charge in [-0.1, -0.05) is 0 Å². The lowest BCUT2D eigenvalue weighted by Crippen LogP contribution is -2.42. The van der Waals surface area contributed by atoms with E-state index in [1.165, 1.54) is 12.8 Å². The number of anilines is 1. The van der Waals surface area contributed by atoms with Gasteiger partial charge < -0.3 is 15.3 Å². The summed E-state index contributed by atoms with van der Waals surface area (Å²) in [6.45, 7) is 3.12. The number of aliphatic hydroxyl groups is 1. The molecule has 0 saturated carbocycles. The summed E-state index contributed by atoms with van der Waals surface area (Å²) in [5.74, 6) is 1.99. The number of pyridine rings is 1. The Labute approximate surface area is 126 Å². The Morgan fingerprint density at radius 2 is 2.29 bits per heavy atom. The molecular weight excluding hydrogens is 264 g/mol. The molecule has 1 unspecified atom stereocenters. The first-order valence-electron chi connectivity index (χ1n) is 8.01. The fraction of sp³-hybridized carbons (Fsp3) is 0.625. The van der Waals surface area contributed by atoms with E-state index in [0.717, 1.165) is 56.1 Å². The molecule has 2 aliphatic rings. The summed E-state index contributed by atoms with van der Waals surface area (Å²) in [5, 5.41) is 12.7. The fourth-order valence-corrected chi connectivity index (χ4v) is 3.25. The van der Waals surface area contributed by atoms with Crippen LogP contribution < -0.4 is 10.2 Å². The Kier molecular flexibility index (Phi) is 4.70. The van der Waals surface area contributed by atoms with E-state index in [4.69, 9.17) is 0 Å². The third kappa shape index (κ3) is 3.18. The van der Waals surface area contributed by atoms with Gasteiger partial charge in [0.25, 0.3) is 0 Å². The van der Waals surface area contributed by atoms with Crippen LogP contribution in [0.3, 0.4) is 0 Å². The Morgan fingerprint density at radius 1 is 1.33 bits per heavy atom. The predicted molar refractivity (Wildman–Crippen MR) is 84.9 cm³/mol. The number of rotatable bonds is 4. The summed E-state index contributed by atoms with van der Waals surface area (Å²) in [4.78, 5) is 11.6. The number of aliphatic imine (C=N–C) groups is 1. The van der Waals surface area contributed by atoms with Crippen LogP contribution in [0, 0.1) is 0 Å². The number of amidine groups is 1. The third-order valence-electron chi connectivity index (χ3n) is 4.30. The van der Waals surface area contributed by atoms with Crippen molar-refractivity contribution >= 4 is 11.7 Å². The van der Waals surface area contributed by atoms with Crippen molar-refractivity contribution < 1.29 is 5.11 Å². The maximum Gasteiger partial charge on any atom is 0.139 e. The molecule has 3 rings (SSSR count). The second kappa shape index (κ2) is 6.89. The summed E-state index contributed by atoms with van der Waals surface area (Å²) in [6.07, 6.45) is 7.33. The molecule has 1 saturated heterocycles. The lowest BCUT2D eigenvalue weighted by molar-refractivity contribution is 0.262. The fourth-order valence-electron chi connectivity index (χ4n) is 3.25. The van der Waals surface area contributed by atoms with Gasteiger partial charge in [-0.05, 0) is 44.2 Å². The number of aliphatic hydroxyl groups excluding tert-OH is 1. The average Bonchev–Trinajstić information content (AvgIpc) is 2.57. The molecule has 0 radical (unpaired) electrons. The number of hydrogen-bond acceptors (Lipinski definition) is 5. The van der Waals surface area contributed by atoms with E-state index in [-0.39, 0.29) is 6.61 Å². The molecule has 0 aromatic carbocycles. The number of piperidine rings is 1. The van der Waals surface area contributed by atoms with Crippen LogP contribution in [0.1, 0.15) is 37.7 Å². The second-order valence-electron chi connectivity index (χ2n) is 5.74. The second-order valence-corrected chi connectivity index (χ2v) is 5.74. The van der Waals surface area contributed by atoms with Crippen LogP contribution in [0.2, 0.25) is 0 Å². The number of hydrogen-bond donors (Lipinski definition) is 2. The highest BCUT2D eigenvalue weighted by atomic mass is 16.3. The molecule has 2 aliphatic heterocycles. The largest absolute Gasteiger partial charge is 0.396 e. The summed E-state index contributed by atoms with van der Waals surface area (Å²) in [5.41, 5.74) is 1.10. The molecule has 5 heteroatoms. The minimum Gasteiger partial charge on any atom is -0.396 e. The molecule has 21 heavy (non-hydrogen) atoms. The van der Waals surface area contributed by atoms with Crippen molar-refractivity contribution in [3.63, 3.8) is 0 Å². The van der Waals surface area contributed by atoms with Crippen LogP contribution >= 0.6 is 0 Å². The van der Waals surface area contributed by atoms with E-state index >= 15 is 0 Å². The van der Waals surface area contributed by atoms with Gasteiger partial charge in [-0.25, -0.2) is 4.98 Å². The zero-order valence-corrected chi connectivity index (χ0v) is 12.5. The Bertz CT molecular complexity index is 501. The molecule has 1 fully saturated rings. The summed E-state index contributed by atoms with van der Waals surface area (Å²) in [6, 6.07) is 4.47. The van der Waals surface area contributed by atoms with Gasteiger partial charge in [-0.3, -0.25) is 4.99 Å². The van der Waals surface area contributed by atoms with E-state index in [9.17, 15) is 5.11 Å². The minimum absolute atomic E-state index is 0.239. The normalized spacial score (nSPS) is 22.6. The molecule has 114 valence electrons. The van der Waals surface area contributed by atoms with Crippen LogP contribution in [-0.4, -0.2) is 48.2 Å². The monoisotopic (exact) mass is 288 g/mol. The van der Waals surface area contributed by atoms with Crippen molar-refractivity contribution in [2.45, 2.75) is 38.1 Å². The molecule has 1 atom stereocenters. The van der Waals surface area contributed by atoms with Gasteiger partial charge in [0.05, 0.1) is 5.56 Å². The van der Waals surface area contributed by atoms with Crippen molar-refractivity contribution in [2.24, 2.45) is 4.99 Å². The smallest absolute Gasteiger partial charge is 0.139 e. The molecular formula is C16H24N4O. The van der Waals surface area contributed by atoms with E-state index in [1.807, 2.05) is 12.3 Å². The summed E-state index contributed by atoms with van der Waals surface area (Å²) in [7, 11) is 0. The Hall–Kier alpha value is -1.62. The maximum absolute atomic E-state index is 9.32. The standard InChI is InChI=1S/C16H24N4O/c21-12-7-13-5-1-2-11-20(13)16-14(6-3-8-19-16)15-17-9-4-10-18-15/h3,6,8,13,21H,1-2,4-5,7,9-12H2,(H,17,18). The zero-order valence-electron chi connectivity index (χ0n) is 12.5. The van der Waals surface area contributed by atoms with Gasteiger partial charge in [0.2, 0.25) is 0 Å². The molecule has 0 aliphatic carbocycles. The van der Waals surface area contributed by atoms with Crippen molar-refractivity contribution in [3.05, 3.63) is 23.9 Å². The van der Waals surface area contributed by atoms with Gasteiger partial charge in [0, 0.05) is 38.5 Å². The highest BCUT2D eigenvalue weighted by Crippen LogP contribution is 2.28. The third-order valence-corrected chi connectivity index (χ3v) is 4.30. The van der Waals surface area contributed by atoms with Crippen LogP contribution in [0.4, 0.5) is 5.82 Å². The molecule has 0 bridgehead atoms. The van der Waals surface area contributed by atoms with Gasteiger partial charge in [0.15, 0.2) is 0 Å². The lowest BCUT2D eigenvalue weighted by atomic mass is 9.98. The molecule has 3 heterocycles. The molecule has 1 aromatic heterocycles. The van der Waals surface area contributed by atoms with Crippen LogP contribution in [0.15, 0.2) is 23.3 Å². The van der Waals surface area contributed by atoms with E-state index in [0.29, 0.717) is 6.04 Å². The molecule has 2 N–H and O–H groups in total. The van der Waals surface area contributed by atoms with Crippen molar-refractivity contribution in [1.29, 1.82) is 0 Å². The van der Waals surface area contributed by atoms with Crippen molar-refractivity contribution in [2.75, 3.05) is 31.1 Å². The molecule has 0 spiro atoms. The SMILES string of the molecule is OCCC1CCCCN1c1ncccc1C1=NCCCN1. The first kappa shape index (κ1) is 14.3. The van der Waals surface area contributed by atoms with Crippen molar-refractivity contribution in [1.82, 2.24) is 10.3 Å². The minimum atomic E-state index is 0.239. The van der Waals surface area contributed by atoms with Gasteiger partial charge in [-0.2, -0.15) is 0 Å². The first-order chi connectivity index (χ1) is 10.4. The van der Waals surface area contributed by atoms with Crippen LogP contribution in [-0.2, 0) is 0 Å². The van der Waals surface area contributed by atoms with Gasteiger partial charge in [0.1, 0.15) is 11.7 Å². The quantitative estimate of drug-likeness (QED) is 0.883. The van der Waals surface area contributed by atoms with E-state index in [2.05, 4.69) is 26.3 Å².